The summed E-state index contributed by atoms with van der Waals surface area (Å²) in [7, 11) is 1.99. The molecule has 158 valence electrons. The highest BCUT2D eigenvalue weighted by Gasteiger charge is 2.25. The van der Waals surface area contributed by atoms with Gasteiger partial charge in [-0.1, -0.05) is 12.1 Å². The SMILES string of the molecule is Cn1nc(CN(Cc2ccco2)C(=O)c2ccc(Cn3ccnc3)cc2)c2c1CCC2. The number of aromatic nitrogens is 4. The Labute approximate surface area is 180 Å². The minimum Gasteiger partial charge on any atom is -0.467 e. The Hall–Kier alpha value is -3.61. The van der Waals surface area contributed by atoms with Crippen molar-refractivity contribution in [3.8, 4) is 0 Å². The van der Waals surface area contributed by atoms with Crippen molar-refractivity contribution in [2.24, 2.45) is 7.05 Å². The number of imidazole rings is 1. The van der Waals surface area contributed by atoms with Gasteiger partial charge in [0.2, 0.25) is 0 Å². The van der Waals surface area contributed by atoms with Crippen LogP contribution in [-0.2, 0) is 39.5 Å². The average Bonchev–Trinajstić information content (AvgIpc) is 3.57. The molecule has 0 N–H and O–H groups in total. The van der Waals surface area contributed by atoms with E-state index >= 15 is 0 Å². The zero-order valence-corrected chi connectivity index (χ0v) is 17.6. The molecule has 0 saturated heterocycles. The minimum absolute atomic E-state index is 0.0250. The van der Waals surface area contributed by atoms with Gasteiger partial charge in [0.1, 0.15) is 5.76 Å². The Morgan fingerprint density at radius 1 is 1.16 bits per heavy atom. The fourth-order valence-electron chi connectivity index (χ4n) is 4.32. The topological polar surface area (TPSA) is 69.1 Å². The number of benzene rings is 1. The van der Waals surface area contributed by atoms with E-state index in [2.05, 4.69) is 4.98 Å². The van der Waals surface area contributed by atoms with Crippen LogP contribution in [0.2, 0.25) is 0 Å². The minimum atomic E-state index is -0.0250. The van der Waals surface area contributed by atoms with Crippen molar-refractivity contribution in [3.63, 3.8) is 0 Å². The number of rotatable bonds is 7. The molecule has 3 aromatic heterocycles. The van der Waals surface area contributed by atoms with E-state index in [0.717, 1.165) is 42.8 Å². The number of carbonyl (C=O) groups excluding carboxylic acids is 1. The molecule has 31 heavy (non-hydrogen) atoms. The summed E-state index contributed by atoms with van der Waals surface area (Å²) in [5.41, 5.74) is 5.37. The molecule has 0 bridgehead atoms. The second-order valence-corrected chi connectivity index (χ2v) is 8.02. The molecule has 0 atom stereocenters. The standard InChI is InChI=1S/C24H25N5O2/c1-27-23-6-2-5-21(23)22(26-27)16-29(15-20-4-3-13-31-20)24(30)19-9-7-18(8-10-19)14-28-12-11-25-17-28/h3-4,7-13,17H,2,5-6,14-16H2,1H3. The van der Waals surface area contributed by atoms with Crippen LogP contribution < -0.4 is 0 Å². The third kappa shape index (κ3) is 4.03. The first kappa shape index (κ1) is 19.4. The molecule has 0 radical (unpaired) electrons. The first-order chi connectivity index (χ1) is 15.2. The van der Waals surface area contributed by atoms with Crippen LogP contribution in [0.4, 0.5) is 0 Å². The van der Waals surface area contributed by atoms with Crippen LogP contribution in [0.15, 0.2) is 65.8 Å². The molecule has 1 aliphatic carbocycles. The molecular formula is C24H25N5O2. The second kappa shape index (κ2) is 8.26. The van der Waals surface area contributed by atoms with Gasteiger partial charge in [-0.05, 0) is 54.7 Å². The molecular weight excluding hydrogens is 390 g/mol. The molecule has 0 spiro atoms. The van der Waals surface area contributed by atoms with Gasteiger partial charge in [-0.25, -0.2) is 4.98 Å². The number of furan rings is 1. The lowest BCUT2D eigenvalue weighted by Gasteiger charge is -2.21. The number of hydrogen-bond donors (Lipinski definition) is 0. The quantitative estimate of drug-likeness (QED) is 0.463. The summed E-state index contributed by atoms with van der Waals surface area (Å²) in [5.74, 6) is 0.737. The highest BCUT2D eigenvalue weighted by molar-refractivity contribution is 5.94. The molecule has 0 saturated carbocycles. The molecule has 7 heteroatoms. The van der Waals surface area contributed by atoms with Crippen molar-refractivity contribution in [1.82, 2.24) is 24.2 Å². The molecule has 1 aromatic carbocycles. The van der Waals surface area contributed by atoms with Crippen LogP contribution in [0.3, 0.4) is 0 Å². The number of amides is 1. The van der Waals surface area contributed by atoms with E-state index in [1.54, 1.807) is 18.8 Å². The molecule has 4 aromatic rings. The first-order valence-electron chi connectivity index (χ1n) is 10.6. The second-order valence-electron chi connectivity index (χ2n) is 8.02. The van der Waals surface area contributed by atoms with Gasteiger partial charge in [-0.3, -0.25) is 9.48 Å². The van der Waals surface area contributed by atoms with Crippen LogP contribution in [0.5, 0.6) is 0 Å². The van der Waals surface area contributed by atoms with Gasteiger partial charge < -0.3 is 13.9 Å². The molecule has 0 unspecified atom stereocenters. The van der Waals surface area contributed by atoms with Gasteiger partial charge in [0.05, 0.1) is 31.4 Å². The normalized spacial score (nSPS) is 12.8. The lowest BCUT2D eigenvalue weighted by Crippen LogP contribution is -2.30. The molecule has 1 aliphatic rings. The molecule has 0 aliphatic heterocycles. The number of aryl methyl sites for hydroxylation is 1. The first-order valence-corrected chi connectivity index (χ1v) is 10.6. The summed E-state index contributed by atoms with van der Waals surface area (Å²) < 4.78 is 9.51. The Morgan fingerprint density at radius 3 is 2.77 bits per heavy atom. The largest absolute Gasteiger partial charge is 0.467 e. The third-order valence-electron chi connectivity index (χ3n) is 5.88. The van der Waals surface area contributed by atoms with Crippen LogP contribution in [-0.4, -0.2) is 30.1 Å². The molecule has 0 fully saturated rings. The molecule has 1 amide bonds. The van der Waals surface area contributed by atoms with Gasteiger partial charge in [0, 0.05) is 37.2 Å². The molecule has 3 heterocycles. The Morgan fingerprint density at radius 2 is 2.03 bits per heavy atom. The summed E-state index contributed by atoms with van der Waals surface area (Å²) in [6.07, 6.45) is 10.4. The average molecular weight is 415 g/mol. The monoisotopic (exact) mass is 415 g/mol. The van der Waals surface area contributed by atoms with Crippen LogP contribution >= 0.6 is 0 Å². The van der Waals surface area contributed by atoms with Gasteiger partial charge in [-0.15, -0.1) is 0 Å². The summed E-state index contributed by atoms with van der Waals surface area (Å²) in [6, 6.07) is 11.5. The van der Waals surface area contributed by atoms with Crippen molar-refractivity contribution in [1.29, 1.82) is 0 Å². The van der Waals surface area contributed by atoms with E-state index < -0.39 is 0 Å². The Kier molecular flexibility index (Phi) is 5.16. The van der Waals surface area contributed by atoms with Crippen molar-refractivity contribution in [2.75, 3.05) is 0 Å². The number of carbonyl (C=O) groups is 1. The maximum Gasteiger partial charge on any atom is 0.254 e. The maximum atomic E-state index is 13.4. The van der Waals surface area contributed by atoms with Crippen LogP contribution in [0.25, 0.3) is 0 Å². The zero-order chi connectivity index (χ0) is 21.2. The van der Waals surface area contributed by atoms with E-state index in [1.165, 1.54) is 11.3 Å². The molecule has 7 nitrogen and oxygen atoms in total. The maximum absolute atomic E-state index is 13.4. The predicted molar refractivity (Wildman–Crippen MR) is 115 cm³/mol. The zero-order valence-electron chi connectivity index (χ0n) is 17.6. The van der Waals surface area contributed by atoms with E-state index in [-0.39, 0.29) is 5.91 Å². The summed E-state index contributed by atoms with van der Waals surface area (Å²) >= 11 is 0. The third-order valence-corrected chi connectivity index (χ3v) is 5.88. The van der Waals surface area contributed by atoms with Gasteiger partial charge in [0.15, 0.2) is 0 Å². The van der Waals surface area contributed by atoms with Crippen molar-refractivity contribution >= 4 is 5.91 Å². The summed E-state index contributed by atoms with van der Waals surface area (Å²) in [6.45, 7) is 1.61. The fraction of sp³-hybridized carbons (Fsp3) is 0.292. The fourth-order valence-corrected chi connectivity index (χ4v) is 4.32. The van der Waals surface area contributed by atoms with E-state index in [9.17, 15) is 4.79 Å². The predicted octanol–water partition coefficient (Wildman–Crippen LogP) is 3.59. The van der Waals surface area contributed by atoms with Crippen LogP contribution in [0, 0.1) is 0 Å². The number of hydrogen-bond acceptors (Lipinski definition) is 4. The van der Waals surface area contributed by atoms with Crippen molar-refractivity contribution < 1.29 is 9.21 Å². The number of nitrogens with zero attached hydrogens (tertiary/aromatic N) is 5. The van der Waals surface area contributed by atoms with Crippen molar-refractivity contribution in [3.05, 3.63) is 95.2 Å². The highest BCUT2D eigenvalue weighted by Crippen LogP contribution is 2.26. The van der Waals surface area contributed by atoms with E-state index in [1.807, 2.05) is 63.8 Å². The number of fused-ring (bicyclic) bond motifs is 1. The van der Waals surface area contributed by atoms with E-state index in [0.29, 0.717) is 18.7 Å². The smallest absolute Gasteiger partial charge is 0.254 e. The Balaban J connectivity index is 1.38. The summed E-state index contributed by atoms with van der Waals surface area (Å²) in [4.78, 5) is 19.3. The Bertz CT molecular complexity index is 1160. The lowest BCUT2D eigenvalue weighted by molar-refractivity contribution is 0.0714. The van der Waals surface area contributed by atoms with Crippen molar-refractivity contribution in [2.45, 2.75) is 38.9 Å². The summed E-state index contributed by atoms with van der Waals surface area (Å²) in [5, 5.41) is 4.72. The highest BCUT2D eigenvalue weighted by atomic mass is 16.3. The lowest BCUT2D eigenvalue weighted by atomic mass is 10.1. The van der Waals surface area contributed by atoms with Crippen LogP contribution in [0.1, 0.15) is 45.1 Å². The van der Waals surface area contributed by atoms with Gasteiger partial charge >= 0.3 is 0 Å². The van der Waals surface area contributed by atoms with Gasteiger partial charge in [-0.2, -0.15) is 5.10 Å². The molecule has 5 rings (SSSR count). The van der Waals surface area contributed by atoms with E-state index in [4.69, 9.17) is 9.52 Å². The van der Waals surface area contributed by atoms with Gasteiger partial charge in [0.25, 0.3) is 5.91 Å².